The topological polar surface area (TPSA) is 49.8 Å². The maximum absolute atomic E-state index is 6.52. The molecular formula is C65H109NO4. The van der Waals surface area contributed by atoms with Gasteiger partial charge in [0.05, 0.1) is 32.1 Å². The van der Waals surface area contributed by atoms with Gasteiger partial charge in [0.15, 0.2) is 23.0 Å². The predicted molar refractivity (Wildman–Crippen MR) is 304 cm³/mol. The molecule has 2 aromatic carbocycles. The van der Waals surface area contributed by atoms with Crippen LogP contribution in [0.2, 0.25) is 0 Å². The number of aromatic nitrogens is 1. The molecule has 0 aliphatic carbocycles. The summed E-state index contributed by atoms with van der Waals surface area (Å²) >= 11 is 0. The summed E-state index contributed by atoms with van der Waals surface area (Å²) in [5, 5.41) is 0. The molecule has 1 heterocycles. The molecule has 5 heteroatoms. The molecule has 0 amide bonds. The van der Waals surface area contributed by atoms with Crippen LogP contribution in [-0.4, -0.2) is 31.4 Å². The van der Waals surface area contributed by atoms with Crippen molar-refractivity contribution < 1.29 is 18.9 Å². The molecule has 70 heavy (non-hydrogen) atoms. The summed E-state index contributed by atoms with van der Waals surface area (Å²) in [5.41, 5.74) is 4.15. The Kier molecular flexibility index (Phi) is 38.8. The van der Waals surface area contributed by atoms with E-state index in [1.165, 1.54) is 231 Å². The van der Waals surface area contributed by atoms with E-state index in [0.717, 1.165) is 84.3 Å². The van der Waals surface area contributed by atoms with Gasteiger partial charge in [0, 0.05) is 17.3 Å². The van der Waals surface area contributed by atoms with Crippen molar-refractivity contribution in [2.24, 2.45) is 0 Å². The molecule has 0 radical (unpaired) electrons. The standard InChI is InChI=1S/C65H109NO4/c1-5-9-13-17-21-25-29-33-37-41-51-67-62-49-46-58(55-64(62)69-53-43-39-35-31-27-23-19-15-11-7-3)60-45-48-61(66-57-60)59-47-50-63(68-52-42-38-34-30-26-22-18-14-10-6-2)65(56-59)70-54-44-40-36-32-28-24-20-16-12-8-4/h45-50,55-57H,5-44,51-54H2,1-4H3. The maximum atomic E-state index is 6.52. The minimum absolute atomic E-state index is 0.712. The highest BCUT2D eigenvalue weighted by Gasteiger charge is 2.13. The van der Waals surface area contributed by atoms with E-state index in [9.17, 15) is 0 Å². The van der Waals surface area contributed by atoms with Gasteiger partial charge in [-0.15, -0.1) is 0 Å². The Morgan fingerprint density at radius 3 is 0.814 bits per heavy atom. The van der Waals surface area contributed by atoms with Gasteiger partial charge in [-0.05, 0) is 67.6 Å². The third-order valence-corrected chi connectivity index (χ3v) is 14.3. The quantitative estimate of drug-likeness (QED) is 0.0528. The first kappa shape index (κ1) is 61.1. The Hall–Kier alpha value is -3.21. The molecule has 0 unspecified atom stereocenters. The summed E-state index contributed by atoms with van der Waals surface area (Å²) in [7, 11) is 0. The van der Waals surface area contributed by atoms with E-state index >= 15 is 0 Å². The fourth-order valence-electron chi connectivity index (χ4n) is 9.64. The second kappa shape index (κ2) is 44.5. The maximum Gasteiger partial charge on any atom is 0.161 e. The van der Waals surface area contributed by atoms with Crippen molar-refractivity contribution in [3.8, 4) is 45.4 Å². The average Bonchev–Trinajstić information content (AvgIpc) is 3.38. The van der Waals surface area contributed by atoms with Crippen molar-refractivity contribution in [3.63, 3.8) is 0 Å². The van der Waals surface area contributed by atoms with E-state index in [0.29, 0.717) is 13.2 Å². The number of unbranched alkanes of at least 4 members (excludes halogenated alkanes) is 36. The first-order chi connectivity index (χ1) is 34.7. The molecule has 0 aliphatic rings. The molecule has 5 nitrogen and oxygen atoms in total. The van der Waals surface area contributed by atoms with E-state index in [4.69, 9.17) is 23.9 Å². The van der Waals surface area contributed by atoms with E-state index < -0.39 is 0 Å². The van der Waals surface area contributed by atoms with Crippen LogP contribution in [0.15, 0.2) is 54.7 Å². The first-order valence-corrected chi connectivity index (χ1v) is 30.5. The third-order valence-electron chi connectivity index (χ3n) is 14.3. The van der Waals surface area contributed by atoms with Gasteiger partial charge in [-0.2, -0.15) is 0 Å². The van der Waals surface area contributed by atoms with Crippen molar-refractivity contribution in [1.29, 1.82) is 0 Å². The number of nitrogens with zero attached hydrogens (tertiary/aromatic N) is 1. The van der Waals surface area contributed by atoms with Gasteiger partial charge in [-0.1, -0.05) is 271 Å². The molecule has 0 bridgehead atoms. The molecule has 3 rings (SSSR count). The summed E-state index contributed by atoms with van der Waals surface area (Å²) in [6.07, 6.45) is 54.7. The molecular weight excluding hydrogens is 859 g/mol. The number of benzene rings is 2. The Morgan fingerprint density at radius 2 is 0.514 bits per heavy atom. The van der Waals surface area contributed by atoms with Gasteiger partial charge in [-0.25, -0.2) is 0 Å². The Bertz CT molecular complexity index is 1490. The van der Waals surface area contributed by atoms with Crippen LogP contribution in [0, 0.1) is 0 Å². The van der Waals surface area contributed by atoms with Gasteiger partial charge in [0.2, 0.25) is 0 Å². The lowest BCUT2D eigenvalue weighted by atomic mass is 10.0. The van der Waals surface area contributed by atoms with Crippen LogP contribution < -0.4 is 18.9 Å². The second-order valence-corrected chi connectivity index (χ2v) is 20.9. The molecule has 1 aromatic heterocycles. The highest BCUT2D eigenvalue weighted by molar-refractivity contribution is 5.70. The molecule has 0 aliphatic heterocycles. The van der Waals surface area contributed by atoms with Crippen molar-refractivity contribution in [1.82, 2.24) is 4.98 Å². The summed E-state index contributed by atoms with van der Waals surface area (Å²) < 4.78 is 25.9. The highest BCUT2D eigenvalue weighted by Crippen LogP contribution is 2.36. The lowest BCUT2D eigenvalue weighted by Crippen LogP contribution is -2.03. The molecule has 0 N–H and O–H groups in total. The third kappa shape index (κ3) is 30.6. The van der Waals surface area contributed by atoms with E-state index in [-0.39, 0.29) is 0 Å². The van der Waals surface area contributed by atoms with Crippen molar-refractivity contribution in [2.75, 3.05) is 26.4 Å². The Labute approximate surface area is 433 Å². The zero-order valence-corrected chi connectivity index (χ0v) is 46.4. The van der Waals surface area contributed by atoms with Gasteiger partial charge in [0.25, 0.3) is 0 Å². The molecule has 3 aromatic rings. The lowest BCUT2D eigenvalue weighted by molar-refractivity contribution is 0.258. The number of hydrogen-bond donors (Lipinski definition) is 0. The van der Waals surface area contributed by atoms with E-state index in [1.54, 1.807) is 0 Å². The highest BCUT2D eigenvalue weighted by atomic mass is 16.5. The summed E-state index contributed by atoms with van der Waals surface area (Å²) in [5.74, 6) is 3.40. The number of pyridine rings is 1. The monoisotopic (exact) mass is 968 g/mol. The summed E-state index contributed by atoms with van der Waals surface area (Å²) in [6.45, 7) is 12.1. The van der Waals surface area contributed by atoms with Gasteiger partial charge in [-0.3, -0.25) is 4.98 Å². The number of hydrogen-bond acceptors (Lipinski definition) is 5. The first-order valence-electron chi connectivity index (χ1n) is 30.5. The van der Waals surface area contributed by atoms with Crippen LogP contribution in [0.1, 0.15) is 285 Å². The van der Waals surface area contributed by atoms with Crippen LogP contribution in [0.5, 0.6) is 23.0 Å². The van der Waals surface area contributed by atoms with E-state index in [2.05, 4.69) is 76.2 Å². The van der Waals surface area contributed by atoms with Crippen LogP contribution in [-0.2, 0) is 0 Å². The van der Waals surface area contributed by atoms with Crippen molar-refractivity contribution in [2.45, 2.75) is 285 Å². The predicted octanol–water partition coefficient (Wildman–Crippen LogP) is 21.6. The van der Waals surface area contributed by atoms with Crippen LogP contribution >= 0.6 is 0 Å². The SMILES string of the molecule is CCCCCCCCCCCCOc1ccc(-c2ccc(-c3ccc(OCCCCCCCCCCCC)c(OCCCCCCCCCCCC)c3)nc2)cc1OCCCCCCCCCCCC. The van der Waals surface area contributed by atoms with Gasteiger partial charge in [0.1, 0.15) is 0 Å². The number of ether oxygens (including phenoxy) is 4. The Morgan fingerprint density at radius 1 is 0.257 bits per heavy atom. The smallest absolute Gasteiger partial charge is 0.161 e. The number of rotatable bonds is 50. The minimum atomic E-state index is 0.712. The molecule has 0 saturated heterocycles. The zero-order valence-electron chi connectivity index (χ0n) is 46.4. The van der Waals surface area contributed by atoms with Crippen molar-refractivity contribution in [3.05, 3.63) is 54.7 Å². The molecule has 0 spiro atoms. The van der Waals surface area contributed by atoms with Crippen LogP contribution in [0.25, 0.3) is 22.4 Å². The largest absolute Gasteiger partial charge is 0.490 e. The molecule has 398 valence electrons. The summed E-state index contributed by atoms with van der Waals surface area (Å²) in [6, 6.07) is 17.2. The van der Waals surface area contributed by atoms with Gasteiger partial charge >= 0.3 is 0 Å². The fourth-order valence-corrected chi connectivity index (χ4v) is 9.64. The van der Waals surface area contributed by atoms with Crippen LogP contribution in [0.3, 0.4) is 0 Å². The fraction of sp³-hybridized carbons (Fsp3) is 0.738. The zero-order chi connectivity index (χ0) is 49.6. The van der Waals surface area contributed by atoms with Crippen molar-refractivity contribution >= 4 is 0 Å². The Balaban J connectivity index is 1.60. The lowest BCUT2D eigenvalue weighted by Gasteiger charge is -2.15. The summed E-state index contributed by atoms with van der Waals surface area (Å²) in [4.78, 5) is 5.01. The average molecular weight is 969 g/mol. The normalized spacial score (nSPS) is 11.4. The molecule has 0 saturated carbocycles. The molecule has 0 atom stereocenters. The minimum Gasteiger partial charge on any atom is -0.490 e. The second-order valence-electron chi connectivity index (χ2n) is 20.9. The van der Waals surface area contributed by atoms with Crippen LogP contribution in [0.4, 0.5) is 0 Å². The van der Waals surface area contributed by atoms with E-state index in [1.807, 2.05) is 6.20 Å². The van der Waals surface area contributed by atoms with Gasteiger partial charge < -0.3 is 18.9 Å². The molecule has 0 fully saturated rings.